The monoisotopic (exact) mass is 326 g/mol. The zero-order valence-corrected chi connectivity index (χ0v) is 13.4. The van der Waals surface area contributed by atoms with Crippen molar-refractivity contribution >= 4 is 6.08 Å². The van der Waals surface area contributed by atoms with Crippen LogP contribution in [0.1, 0.15) is 30.5 Å². The molecule has 4 atom stereocenters. The fourth-order valence-corrected chi connectivity index (χ4v) is 2.36. The summed E-state index contributed by atoms with van der Waals surface area (Å²) < 4.78 is 0. The molecule has 6 heteroatoms. The van der Waals surface area contributed by atoms with Crippen LogP contribution in [0, 0.1) is 0 Å². The van der Waals surface area contributed by atoms with Gasteiger partial charge in [0.2, 0.25) is 0 Å². The van der Waals surface area contributed by atoms with Gasteiger partial charge in [-0.2, -0.15) is 0 Å². The molecule has 0 saturated heterocycles. The molecule has 0 aliphatic carbocycles. The molecule has 0 saturated carbocycles. The van der Waals surface area contributed by atoms with Gasteiger partial charge in [-0.15, -0.1) is 0 Å². The third-order valence-corrected chi connectivity index (χ3v) is 3.86. The first-order valence-electron chi connectivity index (χ1n) is 7.71. The second-order valence-corrected chi connectivity index (χ2v) is 5.48. The Morgan fingerprint density at radius 3 is 2.13 bits per heavy atom. The second kappa shape index (κ2) is 9.00. The van der Waals surface area contributed by atoms with Gasteiger partial charge in [0.05, 0.1) is 6.61 Å². The van der Waals surface area contributed by atoms with Crippen LogP contribution in [0.3, 0.4) is 0 Å². The SMILES string of the molecule is CCc1ccc(C=C(O)[C@H](O)[C@@H](O)[C@H](O)[C@H](O)CO)cc1CC. The number of rotatable bonds is 8. The Bertz CT molecular complexity index is 528. The van der Waals surface area contributed by atoms with Gasteiger partial charge in [0, 0.05) is 0 Å². The average Bonchev–Trinajstić information content (AvgIpc) is 2.58. The van der Waals surface area contributed by atoms with Crippen molar-refractivity contribution < 1.29 is 30.6 Å². The zero-order valence-electron chi connectivity index (χ0n) is 13.4. The molecule has 6 N–H and O–H groups in total. The summed E-state index contributed by atoms with van der Waals surface area (Å²) in [4.78, 5) is 0. The molecule has 0 amide bonds. The molecule has 6 nitrogen and oxygen atoms in total. The van der Waals surface area contributed by atoms with E-state index in [0.717, 1.165) is 18.4 Å². The summed E-state index contributed by atoms with van der Waals surface area (Å²) in [7, 11) is 0. The van der Waals surface area contributed by atoms with Gasteiger partial charge in [-0.25, -0.2) is 0 Å². The molecule has 0 spiro atoms. The van der Waals surface area contributed by atoms with Gasteiger partial charge in [0.15, 0.2) is 0 Å². The Kier molecular flexibility index (Phi) is 7.67. The summed E-state index contributed by atoms with van der Waals surface area (Å²) >= 11 is 0. The molecule has 0 aliphatic rings. The van der Waals surface area contributed by atoms with E-state index in [4.69, 9.17) is 5.11 Å². The molecule has 0 aliphatic heterocycles. The lowest BCUT2D eigenvalue weighted by Crippen LogP contribution is -2.46. The molecule has 1 rings (SSSR count). The number of aryl methyl sites for hydroxylation is 2. The largest absolute Gasteiger partial charge is 0.509 e. The normalized spacial score (nSPS) is 17.6. The van der Waals surface area contributed by atoms with E-state index in [-0.39, 0.29) is 0 Å². The van der Waals surface area contributed by atoms with Gasteiger partial charge in [0.1, 0.15) is 30.2 Å². The van der Waals surface area contributed by atoms with Crippen LogP contribution in [0.25, 0.3) is 6.08 Å². The first kappa shape index (κ1) is 19.6. The molecule has 0 aromatic heterocycles. The third kappa shape index (κ3) is 5.02. The van der Waals surface area contributed by atoms with E-state index in [1.54, 1.807) is 6.07 Å². The van der Waals surface area contributed by atoms with Gasteiger partial charge in [-0.3, -0.25) is 0 Å². The van der Waals surface area contributed by atoms with Crippen molar-refractivity contribution in [1.82, 2.24) is 0 Å². The molecular formula is C17H26O6. The highest BCUT2D eigenvalue weighted by Crippen LogP contribution is 2.18. The molecule has 130 valence electrons. The van der Waals surface area contributed by atoms with Crippen LogP contribution in [0.15, 0.2) is 24.0 Å². The maximum absolute atomic E-state index is 9.93. The summed E-state index contributed by atoms with van der Waals surface area (Å²) in [6.07, 6.45) is -3.97. The maximum atomic E-state index is 9.93. The minimum absolute atomic E-state index is 0.534. The van der Waals surface area contributed by atoms with Crippen molar-refractivity contribution in [2.75, 3.05) is 6.61 Å². The molecule has 1 aromatic carbocycles. The smallest absolute Gasteiger partial charge is 0.139 e. The van der Waals surface area contributed by atoms with Crippen LogP contribution in [-0.2, 0) is 12.8 Å². The van der Waals surface area contributed by atoms with E-state index in [0.29, 0.717) is 5.56 Å². The topological polar surface area (TPSA) is 121 Å². The highest BCUT2D eigenvalue weighted by molar-refractivity contribution is 5.54. The fraction of sp³-hybridized carbons (Fsp3) is 0.529. The van der Waals surface area contributed by atoms with Gasteiger partial charge < -0.3 is 30.6 Å². The Hall–Kier alpha value is -1.44. The van der Waals surface area contributed by atoms with Crippen molar-refractivity contribution in [3.8, 4) is 0 Å². The van der Waals surface area contributed by atoms with Crippen molar-refractivity contribution in [2.45, 2.75) is 51.1 Å². The quantitative estimate of drug-likeness (QED) is 0.378. The van der Waals surface area contributed by atoms with Crippen molar-refractivity contribution in [2.24, 2.45) is 0 Å². The van der Waals surface area contributed by atoms with E-state index in [2.05, 4.69) is 6.92 Å². The minimum Gasteiger partial charge on any atom is -0.509 e. The summed E-state index contributed by atoms with van der Waals surface area (Å²) in [6, 6.07) is 5.60. The molecule has 0 radical (unpaired) electrons. The van der Waals surface area contributed by atoms with E-state index in [1.807, 2.05) is 19.1 Å². The van der Waals surface area contributed by atoms with Crippen LogP contribution in [0.5, 0.6) is 0 Å². The first-order chi connectivity index (χ1) is 10.8. The van der Waals surface area contributed by atoms with Gasteiger partial charge in [-0.1, -0.05) is 32.0 Å². The van der Waals surface area contributed by atoms with Crippen LogP contribution in [0.2, 0.25) is 0 Å². The lowest BCUT2D eigenvalue weighted by Gasteiger charge is -2.25. The molecule has 0 heterocycles. The molecule has 1 aromatic rings. The van der Waals surface area contributed by atoms with Crippen LogP contribution in [0.4, 0.5) is 0 Å². The van der Waals surface area contributed by atoms with Crippen molar-refractivity contribution in [1.29, 1.82) is 0 Å². The highest BCUT2D eigenvalue weighted by Gasteiger charge is 2.32. The Morgan fingerprint density at radius 2 is 1.61 bits per heavy atom. The highest BCUT2D eigenvalue weighted by atomic mass is 16.4. The van der Waals surface area contributed by atoms with E-state index >= 15 is 0 Å². The number of aliphatic hydroxyl groups is 6. The number of aliphatic hydroxyl groups excluding tert-OH is 6. The van der Waals surface area contributed by atoms with Crippen molar-refractivity contribution in [3.63, 3.8) is 0 Å². The maximum Gasteiger partial charge on any atom is 0.139 e. The fourth-order valence-electron chi connectivity index (χ4n) is 2.36. The van der Waals surface area contributed by atoms with Crippen molar-refractivity contribution in [3.05, 3.63) is 40.6 Å². The van der Waals surface area contributed by atoms with E-state index in [9.17, 15) is 25.5 Å². The summed E-state index contributed by atoms with van der Waals surface area (Å²) in [6.45, 7) is 3.30. The molecule has 0 unspecified atom stereocenters. The standard InChI is InChI=1S/C17H26O6/c1-3-11-6-5-10(7-12(11)4-2)8-13(19)15(21)17(23)16(22)14(20)9-18/h5-8,14-23H,3-4,9H2,1-2H3/t14-,15+,16-,17-/m1/s1. The molecule has 0 fully saturated rings. The predicted molar refractivity (Wildman–Crippen MR) is 86.9 cm³/mol. The van der Waals surface area contributed by atoms with Gasteiger partial charge in [0.25, 0.3) is 0 Å². The van der Waals surface area contributed by atoms with E-state index < -0.39 is 36.8 Å². The molecule has 23 heavy (non-hydrogen) atoms. The second-order valence-electron chi connectivity index (χ2n) is 5.48. The molecular weight excluding hydrogens is 300 g/mol. The third-order valence-electron chi connectivity index (χ3n) is 3.86. The number of benzene rings is 1. The minimum atomic E-state index is -1.83. The van der Waals surface area contributed by atoms with Gasteiger partial charge in [-0.05, 0) is 35.6 Å². The number of hydrogen-bond donors (Lipinski definition) is 6. The summed E-state index contributed by atoms with van der Waals surface area (Å²) in [5.74, 6) is -0.534. The first-order valence-corrected chi connectivity index (χ1v) is 7.71. The lowest BCUT2D eigenvalue weighted by molar-refractivity contribution is -0.112. The van der Waals surface area contributed by atoms with E-state index in [1.165, 1.54) is 11.6 Å². The lowest BCUT2D eigenvalue weighted by atomic mass is 9.98. The zero-order chi connectivity index (χ0) is 17.6. The van der Waals surface area contributed by atoms with Crippen LogP contribution < -0.4 is 0 Å². The van der Waals surface area contributed by atoms with Gasteiger partial charge >= 0.3 is 0 Å². The summed E-state index contributed by atoms with van der Waals surface area (Å²) in [5.41, 5.74) is 2.98. The average molecular weight is 326 g/mol. The Labute approximate surface area is 136 Å². The molecule has 0 bridgehead atoms. The Balaban J connectivity index is 2.94. The van der Waals surface area contributed by atoms with Crippen LogP contribution in [-0.4, -0.2) is 61.7 Å². The Morgan fingerprint density at radius 1 is 1.00 bits per heavy atom. The predicted octanol–water partition coefficient (Wildman–Crippen LogP) is 0.146. The van der Waals surface area contributed by atoms with Crippen LogP contribution >= 0.6 is 0 Å². The number of hydrogen-bond acceptors (Lipinski definition) is 6. The summed E-state index contributed by atoms with van der Waals surface area (Å²) in [5, 5.41) is 57.1.